The monoisotopic (exact) mass is 201 g/mol. The lowest BCUT2D eigenvalue weighted by Crippen LogP contribution is -2.34. The number of hydrogen-bond donors (Lipinski definition) is 2. The number of rotatable bonds is 8. The van der Waals surface area contributed by atoms with E-state index in [1.165, 1.54) is 0 Å². The van der Waals surface area contributed by atoms with Crippen LogP contribution in [0.5, 0.6) is 0 Å². The van der Waals surface area contributed by atoms with Gasteiger partial charge in [0, 0.05) is 19.1 Å². The number of hydrogen-bond acceptors (Lipinski definition) is 2. The van der Waals surface area contributed by atoms with Crippen LogP contribution >= 0.6 is 0 Å². The molecule has 0 saturated heterocycles. The first-order chi connectivity index (χ1) is 6.74. The minimum Gasteiger partial charge on any atom is -0.396 e. The third-order valence-electron chi connectivity index (χ3n) is 2.31. The molecular formula is C11H23NO2. The Morgan fingerprint density at radius 3 is 2.57 bits per heavy atom. The van der Waals surface area contributed by atoms with Crippen LogP contribution in [0.2, 0.25) is 0 Å². The second kappa shape index (κ2) is 9.00. The fourth-order valence-corrected chi connectivity index (χ4v) is 1.42. The summed E-state index contributed by atoms with van der Waals surface area (Å²) in [5.74, 6) is 0.124. The van der Waals surface area contributed by atoms with Crippen molar-refractivity contribution in [3.05, 3.63) is 0 Å². The molecule has 0 saturated carbocycles. The van der Waals surface area contributed by atoms with Crippen LogP contribution in [-0.4, -0.2) is 23.7 Å². The molecule has 0 rings (SSSR count). The van der Waals surface area contributed by atoms with Crippen LogP contribution in [0.1, 0.15) is 52.4 Å². The molecule has 0 aromatic heterocycles. The van der Waals surface area contributed by atoms with Crippen LogP contribution in [0.4, 0.5) is 0 Å². The zero-order chi connectivity index (χ0) is 10.8. The van der Waals surface area contributed by atoms with Crippen molar-refractivity contribution in [1.29, 1.82) is 0 Å². The molecule has 2 N–H and O–H groups in total. The summed E-state index contributed by atoms with van der Waals surface area (Å²) in [6, 6.07) is 0.335. The van der Waals surface area contributed by atoms with Gasteiger partial charge in [0.2, 0.25) is 5.91 Å². The maximum atomic E-state index is 11.4. The number of carbonyl (C=O) groups is 1. The van der Waals surface area contributed by atoms with Crippen molar-refractivity contribution in [3.63, 3.8) is 0 Å². The van der Waals surface area contributed by atoms with Crippen molar-refractivity contribution < 1.29 is 9.90 Å². The van der Waals surface area contributed by atoms with E-state index in [0.717, 1.165) is 32.1 Å². The third-order valence-corrected chi connectivity index (χ3v) is 2.31. The molecule has 0 radical (unpaired) electrons. The van der Waals surface area contributed by atoms with Crippen molar-refractivity contribution in [3.8, 4) is 0 Å². The number of unbranched alkanes of at least 4 members (excludes halogenated alkanes) is 1. The molecule has 1 unspecified atom stereocenters. The van der Waals surface area contributed by atoms with Crippen LogP contribution in [0, 0.1) is 0 Å². The lowest BCUT2D eigenvalue weighted by molar-refractivity contribution is -0.122. The van der Waals surface area contributed by atoms with Gasteiger partial charge in [-0.05, 0) is 25.7 Å². The molecule has 0 aliphatic heterocycles. The first-order valence-electron chi connectivity index (χ1n) is 5.64. The van der Waals surface area contributed by atoms with Crippen LogP contribution in [0.25, 0.3) is 0 Å². The standard InChI is InChI=1S/C11H23NO2/c1-3-7-10(4-2)12-11(14)8-5-6-9-13/h10,13H,3-9H2,1-2H3,(H,12,14). The molecular weight excluding hydrogens is 178 g/mol. The Hall–Kier alpha value is -0.570. The van der Waals surface area contributed by atoms with Crippen LogP contribution in [0.3, 0.4) is 0 Å². The van der Waals surface area contributed by atoms with Gasteiger partial charge in [-0.3, -0.25) is 4.79 Å². The summed E-state index contributed by atoms with van der Waals surface area (Å²) in [6.07, 6.45) is 5.21. The molecule has 14 heavy (non-hydrogen) atoms. The van der Waals surface area contributed by atoms with E-state index < -0.39 is 0 Å². The normalized spacial score (nSPS) is 12.5. The van der Waals surface area contributed by atoms with Gasteiger partial charge in [0.15, 0.2) is 0 Å². The molecule has 0 bridgehead atoms. The van der Waals surface area contributed by atoms with Crippen LogP contribution in [0.15, 0.2) is 0 Å². The Balaban J connectivity index is 3.56. The summed E-state index contributed by atoms with van der Waals surface area (Å²) in [6.45, 7) is 4.40. The van der Waals surface area contributed by atoms with Gasteiger partial charge < -0.3 is 10.4 Å². The minimum absolute atomic E-state index is 0.124. The predicted octanol–water partition coefficient (Wildman–Crippen LogP) is 1.84. The maximum Gasteiger partial charge on any atom is 0.220 e. The summed E-state index contributed by atoms with van der Waals surface area (Å²) in [5, 5.41) is 11.6. The minimum atomic E-state index is 0.124. The summed E-state index contributed by atoms with van der Waals surface area (Å²) >= 11 is 0. The Bertz CT molecular complexity index is 148. The van der Waals surface area contributed by atoms with E-state index in [2.05, 4.69) is 19.2 Å². The van der Waals surface area contributed by atoms with Crippen molar-refractivity contribution in [1.82, 2.24) is 5.32 Å². The molecule has 3 nitrogen and oxygen atoms in total. The van der Waals surface area contributed by atoms with E-state index >= 15 is 0 Å². The zero-order valence-corrected chi connectivity index (χ0v) is 9.38. The Morgan fingerprint density at radius 2 is 2.07 bits per heavy atom. The second-order valence-corrected chi connectivity index (χ2v) is 3.64. The fraction of sp³-hybridized carbons (Fsp3) is 0.909. The largest absolute Gasteiger partial charge is 0.396 e. The molecule has 0 aliphatic carbocycles. The molecule has 1 amide bonds. The summed E-state index contributed by atoms with van der Waals surface area (Å²) in [4.78, 5) is 11.4. The van der Waals surface area contributed by atoms with Crippen molar-refractivity contribution in [2.75, 3.05) is 6.61 Å². The number of carbonyl (C=O) groups excluding carboxylic acids is 1. The van der Waals surface area contributed by atoms with Gasteiger partial charge in [0.05, 0.1) is 0 Å². The SMILES string of the molecule is CCCC(CC)NC(=O)CCCCO. The van der Waals surface area contributed by atoms with Gasteiger partial charge >= 0.3 is 0 Å². The van der Waals surface area contributed by atoms with Gasteiger partial charge in [0.1, 0.15) is 0 Å². The Kier molecular flexibility index (Phi) is 8.64. The highest BCUT2D eigenvalue weighted by Gasteiger charge is 2.08. The molecule has 0 fully saturated rings. The molecule has 0 spiro atoms. The summed E-state index contributed by atoms with van der Waals surface area (Å²) < 4.78 is 0. The lowest BCUT2D eigenvalue weighted by Gasteiger charge is -2.15. The van der Waals surface area contributed by atoms with Crippen LogP contribution in [-0.2, 0) is 4.79 Å². The summed E-state index contributed by atoms with van der Waals surface area (Å²) in [7, 11) is 0. The molecule has 1 atom stereocenters. The highest BCUT2D eigenvalue weighted by Crippen LogP contribution is 2.02. The topological polar surface area (TPSA) is 49.3 Å². The quantitative estimate of drug-likeness (QED) is 0.589. The maximum absolute atomic E-state index is 11.4. The van der Waals surface area contributed by atoms with Gasteiger partial charge in [-0.15, -0.1) is 0 Å². The van der Waals surface area contributed by atoms with E-state index in [1.54, 1.807) is 0 Å². The van der Waals surface area contributed by atoms with Gasteiger partial charge in [-0.2, -0.15) is 0 Å². The number of aliphatic hydroxyl groups is 1. The predicted molar refractivity (Wildman–Crippen MR) is 58.1 cm³/mol. The van der Waals surface area contributed by atoms with Gasteiger partial charge in [0.25, 0.3) is 0 Å². The average Bonchev–Trinajstić information content (AvgIpc) is 2.17. The zero-order valence-electron chi connectivity index (χ0n) is 9.38. The summed E-state index contributed by atoms with van der Waals surface area (Å²) in [5.41, 5.74) is 0. The van der Waals surface area contributed by atoms with Gasteiger partial charge in [-0.25, -0.2) is 0 Å². The molecule has 0 aromatic carbocycles. The highest BCUT2D eigenvalue weighted by atomic mass is 16.2. The third kappa shape index (κ3) is 6.89. The first kappa shape index (κ1) is 13.4. The van der Waals surface area contributed by atoms with E-state index in [1.807, 2.05) is 0 Å². The lowest BCUT2D eigenvalue weighted by atomic mass is 10.1. The van der Waals surface area contributed by atoms with E-state index in [9.17, 15) is 4.79 Å². The molecule has 0 aromatic rings. The number of aliphatic hydroxyl groups excluding tert-OH is 1. The molecule has 0 heterocycles. The van der Waals surface area contributed by atoms with E-state index in [-0.39, 0.29) is 12.5 Å². The average molecular weight is 201 g/mol. The van der Waals surface area contributed by atoms with E-state index in [0.29, 0.717) is 12.5 Å². The van der Waals surface area contributed by atoms with Crippen molar-refractivity contribution >= 4 is 5.91 Å². The highest BCUT2D eigenvalue weighted by molar-refractivity contribution is 5.76. The van der Waals surface area contributed by atoms with Crippen LogP contribution < -0.4 is 5.32 Å². The number of nitrogens with one attached hydrogen (secondary N) is 1. The molecule has 0 aliphatic rings. The second-order valence-electron chi connectivity index (χ2n) is 3.64. The van der Waals surface area contributed by atoms with Gasteiger partial charge in [-0.1, -0.05) is 20.3 Å². The van der Waals surface area contributed by atoms with Crippen molar-refractivity contribution in [2.24, 2.45) is 0 Å². The number of amides is 1. The van der Waals surface area contributed by atoms with E-state index in [4.69, 9.17) is 5.11 Å². The molecule has 3 heteroatoms. The smallest absolute Gasteiger partial charge is 0.220 e. The van der Waals surface area contributed by atoms with Crippen molar-refractivity contribution in [2.45, 2.75) is 58.4 Å². The molecule has 84 valence electrons. The Labute approximate surface area is 86.9 Å². The Morgan fingerprint density at radius 1 is 1.36 bits per heavy atom. The first-order valence-corrected chi connectivity index (χ1v) is 5.64. The fourth-order valence-electron chi connectivity index (χ4n) is 1.42.